The summed E-state index contributed by atoms with van der Waals surface area (Å²) in [6.07, 6.45) is -0.0700. The van der Waals surface area contributed by atoms with Gasteiger partial charge in [-0.1, -0.05) is 27.7 Å². The predicted molar refractivity (Wildman–Crippen MR) is 88.5 cm³/mol. The van der Waals surface area contributed by atoms with Gasteiger partial charge in [-0.25, -0.2) is 4.57 Å². The van der Waals surface area contributed by atoms with Gasteiger partial charge in [-0.2, -0.15) is 0 Å². The van der Waals surface area contributed by atoms with E-state index < -0.39 is 19.5 Å². The van der Waals surface area contributed by atoms with E-state index >= 15 is 0 Å². The molecule has 1 saturated heterocycles. The van der Waals surface area contributed by atoms with E-state index in [1.54, 1.807) is 7.11 Å². The molecule has 0 radical (unpaired) electrons. The number of rotatable bonds is 6. The van der Waals surface area contributed by atoms with Crippen molar-refractivity contribution in [1.82, 2.24) is 0 Å². The molecule has 1 saturated carbocycles. The molecule has 2 unspecified atom stereocenters. The van der Waals surface area contributed by atoms with Gasteiger partial charge < -0.3 is 19.1 Å². The van der Waals surface area contributed by atoms with Crippen LogP contribution in [0.15, 0.2) is 0 Å². The van der Waals surface area contributed by atoms with Gasteiger partial charge in [-0.15, -0.1) is 0 Å². The molecule has 1 aliphatic heterocycles. The predicted octanol–water partition coefficient (Wildman–Crippen LogP) is 3.15. The van der Waals surface area contributed by atoms with Crippen LogP contribution in [0.3, 0.4) is 0 Å². The van der Waals surface area contributed by atoms with Crippen molar-refractivity contribution in [1.29, 1.82) is 0 Å². The average molecular weight is 356 g/mol. The van der Waals surface area contributed by atoms with E-state index in [2.05, 4.69) is 4.52 Å². The van der Waals surface area contributed by atoms with Crippen LogP contribution in [0.4, 0.5) is 0 Å². The molecule has 1 aliphatic carbocycles. The van der Waals surface area contributed by atoms with Crippen LogP contribution < -0.4 is 0 Å². The maximum Gasteiger partial charge on any atom is 0.472 e. The average Bonchev–Trinajstić information content (AvgIpc) is 2.74. The second-order valence-corrected chi connectivity index (χ2v) is 6.20. The first kappa shape index (κ1) is 23.0. The molecule has 7 nitrogen and oxygen atoms in total. The minimum atomic E-state index is -4.10. The van der Waals surface area contributed by atoms with Crippen molar-refractivity contribution < 1.29 is 32.7 Å². The van der Waals surface area contributed by atoms with Crippen LogP contribution in [0, 0.1) is 0 Å². The zero-order valence-corrected chi connectivity index (χ0v) is 16.3. The lowest BCUT2D eigenvalue weighted by atomic mass is 9.91. The quantitative estimate of drug-likeness (QED) is 0.732. The Morgan fingerprint density at radius 1 is 1.26 bits per heavy atom. The molecule has 1 N–H and O–H groups in total. The zero-order valence-electron chi connectivity index (χ0n) is 15.4. The van der Waals surface area contributed by atoms with Crippen molar-refractivity contribution in [2.75, 3.05) is 27.4 Å². The summed E-state index contributed by atoms with van der Waals surface area (Å²) in [6.45, 7) is 10.9. The molecule has 2 aliphatic rings. The van der Waals surface area contributed by atoms with Gasteiger partial charge in [0.05, 0.1) is 18.8 Å². The minimum absolute atomic E-state index is 0.221. The molecule has 8 heteroatoms. The maximum atomic E-state index is 11.7. The van der Waals surface area contributed by atoms with E-state index in [1.807, 2.05) is 34.6 Å². The van der Waals surface area contributed by atoms with E-state index in [-0.39, 0.29) is 12.2 Å². The second-order valence-electron chi connectivity index (χ2n) is 4.68. The van der Waals surface area contributed by atoms with Crippen LogP contribution in [0.2, 0.25) is 0 Å². The number of fused-ring (bicyclic) bond motifs is 2. The van der Waals surface area contributed by atoms with Gasteiger partial charge in [0.2, 0.25) is 0 Å². The SMILES string of the molecule is CC.CC.CCO[C@@]12CCO[C@H](C[C@H]1OC)C2OP(=O)(O)OC. The Kier molecular flexibility index (Phi) is 10.8. The molecule has 140 valence electrons. The molecular weight excluding hydrogens is 323 g/mol. The fourth-order valence-electron chi connectivity index (χ4n) is 3.02. The van der Waals surface area contributed by atoms with Crippen molar-refractivity contribution in [3.63, 3.8) is 0 Å². The van der Waals surface area contributed by atoms with Gasteiger partial charge in [-0.3, -0.25) is 9.05 Å². The zero-order chi connectivity index (χ0) is 18.1. The molecule has 0 aromatic carbocycles. The lowest BCUT2D eigenvalue weighted by molar-refractivity contribution is -0.198. The highest BCUT2D eigenvalue weighted by Crippen LogP contribution is 2.53. The molecule has 0 spiro atoms. The van der Waals surface area contributed by atoms with Crippen LogP contribution in [-0.4, -0.2) is 56.2 Å². The summed E-state index contributed by atoms with van der Waals surface area (Å²) in [5, 5.41) is 0. The van der Waals surface area contributed by atoms with Crippen LogP contribution in [-0.2, 0) is 27.8 Å². The van der Waals surface area contributed by atoms with E-state index in [4.69, 9.17) is 18.7 Å². The van der Waals surface area contributed by atoms with E-state index in [0.29, 0.717) is 26.1 Å². The molecule has 0 aromatic rings. The van der Waals surface area contributed by atoms with Crippen molar-refractivity contribution in [2.45, 2.75) is 71.4 Å². The Hall–Kier alpha value is -0.0100. The maximum absolute atomic E-state index is 11.7. The minimum Gasteiger partial charge on any atom is -0.378 e. The molecule has 2 fully saturated rings. The third-order valence-electron chi connectivity index (χ3n) is 3.81. The summed E-state index contributed by atoms with van der Waals surface area (Å²) in [7, 11) is -1.37. The monoisotopic (exact) mass is 356 g/mol. The van der Waals surface area contributed by atoms with E-state index in [1.165, 1.54) is 0 Å². The highest BCUT2D eigenvalue weighted by atomic mass is 31.2. The first-order chi connectivity index (χ1) is 11.0. The lowest BCUT2D eigenvalue weighted by Crippen LogP contribution is -2.55. The Morgan fingerprint density at radius 2 is 1.87 bits per heavy atom. The molecule has 0 amide bonds. The highest BCUT2D eigenvalue weighted by Gasteiger charge is 2.62. The van der Waals surface area contributed by atoms with Gasteiger partial charge in [0.25, 0.3) is 0 Å². The highest BCUT2D eigenvalue weighted by molar-refractivity contribution is 7.47. The molecule has 2 bridgehead atoms. The molecule has 0 aromatic heterocycles. The van der Waals surface area contributed by atoms with Gasteiger partial charge in [0.1, 0.15) is 11.7 Å². The third kappa shape index (κ3) is 5.23. The summed E-state index contributed by atoms with van der Waals surface area (Å²) in [5.74, 6) is 0. The Balaban J connectivity index is 0.00000112. The molecule has 1 heterocycles. The van der Waals surface area contributed by atoms with Gasteiger partial charge >= 0.3 is 7.82 Å². The normalized spacial score (nSPS) is 34.5. The van der Waals surface area contributed by atoms with E-state index in [0.717, 1.165) is 7.11 Å². The number of hydrogen-bond donors (Lipinski definition) is 1. The second kappa shape index (κ2) is 10.8. The lowest BCUT2D eigenvalue weighted by Gasteiger charge is -2.42. The topological polar surface area (TPSA) is 83.5 Å². The summed E-state index contributed by atoms with van der Waals surface area (Å²) in [4.78, 5) is 9.54. The fraction of sp³-hybridized carbons (Fsp3) is 1.00. The summed E-state index contributed by atoms with van der Waals surface area (Å²) < 4.78 is 38.3. The standard InChI is InChI=1S/C11H21O7P.2C2H6/c1-4-17-11-5-6-16-8(7-9(11)14-2)10(11)18-19(12,13)15-3;2*1-2/h8-10H,4-7H2,1-3H3,(H,12,13);2*1-2H3/t8-,9-,10?,11+;;/m1../s1. The van der Waals surface area contributed by atoms with Crippen LogP contribution >= 0.6 is 7.82 Å². The summed E-state index contributed by atoms with van der Waals surface area (Å²) in [6, 6.07) is 0. The van der Waals surface area contributed by atoms with Crippen molar-refractivity contribution in [3.8, 4) is 0 Å². The van der Waals surface area contributed by atoms with Crippen LogP contribution in [0.1, 0.15) is 47.5 Å². The van der Waals surface area contributed by atoms with Crippen LogP contribution in [0.25, 0.3) is 0 Å². The fourth-order valence-corrected chi connectivity index (χ4v) is 3.70. The Bertz CT molecular complexity index is 362. The number of hydrogen-bond acceptors (Lipinski definition) is 6. The molecule has 2 rings (SSSR count). The van der Waals surface area contributed by atoms with Crippen molar-refractivity contribution >= 4 is 7.82 Å². The Labute approximate surface area is 140 Å². The largest absolute Gasteiger partial charge is 0.472 e. The number of phosphoric ester groups is 1. The van der Waals surface area contributed by atoms with E-state index in [9.17, 15) is 9.46 Å². The number of phosphoric acid groups is 1. The van der Waals surface area contributed by atoms with Crippen molar-refractivity contribution in [2.24, 2.45) is 0 Å². The Morgan fingerprint density at radius 3 is 2.35 bits per heavy atom. The first-order valence-electron chi connectivity index (χ1n) is 8.34. The smallest absolute Gasteiger partial charge is 0.378 e. The molecule has 5 atom stereocenters. The molecule has 23 heavy (non-hydrogen) atoms. The van der Waals surface area contributed by atoms with Crippen molar-refractivity contribution in [3.05, 3.63) is 0 Å². The number of ether oxygens (including phenoxy) is 3. The van der Waals surface area contributed by atoms with Crippen LogP contribution in [0.5, 0.6) is 0 Å². The summed E-state index contributed by atoms with van der Waals surface area (Å²) in [5.41, 5.74) is -0.747. The third-order valence-corrected chi connectivity index (χ3v) is 4.77. The summed E-state index contributed by atoms with van der Waals surface area (Å²) >= 11 is 0. The number of methoxy groups -OCH3 is 1. The van der Waals surface area contributed by atoms with Gasteiger partial charge in [0, 0.05) is 33.7 Å². The molecular formula is C15H33O7P. The van der Waals surface area contributed by atoms with Gasteiger partial charge in [-0.05, 0) is 6.92 Å². The van der Waals surface area contributed by atoms with Gasteiger partial charge in [0.15, 0.2) is 0 Å². The first-order valence-corrected chi connectivity index (χ1v) is 9.84.